The molecule has 2 aliphatic heterocycles. The van der Waals surface area contributed by atoms with Crippen molar-refractivity contribution in [3.05, 3.63) is 59.0 Å². The van der Waals surface area contributed by atoms with Crippen LogP contribution in [0.1, 0.15) is 25.7 Å². The van der Waals surface area contributed by atoms with Crippen LogP contribution in [0.5, 0.6) is 0 Å². The SMILES string of the molecule is O=C1NC(=O)C2C(CC3=CCC(C4=CCCC=C4F)C=C3)=CC(=O)OC2N1. The first-order valence-electron chi connectivity index (χ1n) is 8.97. The third kappa shape index (κ3) is 3.49. The number of fused-ring (bicyclic) bond motifs is 1. The van der Waals surface area contributed by atoms with Crippen molar-refractivity contribution in [3.63, 3.8) is 0 Å². The topological polar surface area (TPSA) is 84.5 Å². The van der Waals surface area contributed by atoms with Gasteiger partial charge in [-0.15, -0.1) is 0 Å². The van der Waals surface area contributed by atoms with E-state index in [2.05, 4.69) is 10.6 Å². The fourth-order valence-electron chi connectivity index (χ4n) is 3.85. The number of imide groups is 1. The molecule has 3 amide bonds. The van der Waals surface area contributed by atoms with Crippen LogP contribution in [-0.4, -0.2) is 24.1 Å². The Bertz CT molecular complexity index is 865. The van der Waals surface area contributed by atoms with Crippen molar-refractivity contribution in [1.29, 1.82) is 0 Å². The highest BCUT2D eigenvalue weighted by Crippen LogP contribution is 2.35. The number of carbonyl (C=O) groups excluding carboxylic acids is 3. The largest absolute Gasteiger partial charge is 0.437 e. The van der Waals surface area contributed by atoms with Gasteiger partial charge in [-0.05, 0) is 48.5 Å². The number of carbonyl (C=O) groups is 3. The maximum Gasteiger partial charge on any atom is 0.332 e. The number of amides is 3. The van der Waals surface area contributed by atoms with Crippen molar-refractivity contribution in [2.24, 2.45) is 11.8 Å². The summed E-state index contributed by atoms with van der Waals surface area (Å²) in [6.07, 6.45) is 12.4. The second-order valence-corrected chi connectivity index (χ2v) is 6.96. The number of nitrogens with one attached hydrogen (secondary N) is 2. The van der Waals surface area contributed by atoms with Gasteiger partial charge in [-0.1, -0.05) is 24.3 Å². The Labute approximate surface area is 155 Å². The predicted molar refractivity (Wildman–Crippen MR) is 94.6 cm³/mol. The van der Waals surface area contributed by atoms with E-state index in [0.717, 1.165) is 24.0 Å². The number of urea groups is 1. The first-order chi connectivity index (χ1) is 13.0. The molecule has 2 aliphatic carbocycles. The van der Waals surface area contributed by atoms with Gasteiger partial charge in [-0.2, -0.15) is 0 Å². The molecule has 0 aromatic rings. The summed E-state index contributed by atoms with van der Waals surface area (Å²) in [5.74, 6) is -1.96. The lowest BCUT2D eigenvalue weighted by Gasteiger charge is -2.35. The molecule has 2 N–H and O–H groups in total. The molecule has 4 aliphatic rings. The Hall–Kier alpha value is -2.96. The van der Waals surface area contributed by atoms with Crippen LogP contribution in [0.3, 0.4) is 0 Å². The highest BCUT2D eigenvalue weighted by molar-refractivity contribution is 6.01. The minimum atomic E-state index is -0.980. The standard InChI is InChI=1S/C20H19FN2O4/c21-15-4-2-1-3-14(15)12-7-5-11(6-8-12)9-13-10-16(24)27-19-17(13)18(25)22-20(26)23-19/h3-7,10,12,17,19H,1-2,8-9H2,(H2,22,23,25,26). The molecular weight excluding hydrogens is 351 g/mol. The lowest BCUT2D eigenvalue weighted by molar-refractivity contribution is -0.152. The second kappa shape index (κ2) is 6.98. The van der Waals surface area contributed by atoms with Gasteiger partial charge in [-0.25, -0.2) is 14.0 Å². The van der Waals surface area contributed by atoms with E-state index in [1.54, 1.807) is 6.08 Å². The molecule has 3 atom stereocenters. The van der Waals surface area contributed by atoms with Crippen LogP contribution in [0.4, 0.5) is 9.18 Å². The van der Waals surface area contributed by atoms with Crippen molar-refractivity contribution in [3.8, 4) is 0 Å². The molecule has 0 aromatic carbocycles. The number of allylic oxidation sites excluding steroid dienone is 8. The van der Waals surface area contributed by atoms with Crippen LogP contribution >= 0.6 is 0 Å². The van der Waals surface area contributed by atoms with E-state index in [1.807, 2.05) is 24.3 Å². The molecule has 140 valence electrons. The van der Waals surface area contributed by atoms with Gasteiger partial charge >= 0.3 is 12.0 Å². The summed E-state index contributed by atoms with van der Waals surface area (Å²) in [6, 6.07) is -0.675. The van der Waals surface area contributed by atoms with Crippen molar-refractivity contribution in [1.82, 2.24) is 10.6 Å². The van der Waals surface area contributed by atoms with E-state index < -0.39 is 30.1 Å². The van der Waals surface area contributed by atoms with Gasteiger partial charge in [0.05, 0.1) is 0 Å². The maximum absolute atomic E-state index is 14.0. The van der Waals surface area contributed by atoms with Crippen molar-refractivity contribution >= 4 is 17.9 Å². The molecule has 3 unspecified atom stereocenters. The van der Waals surface area contributed by atoms with E-state index in [4.69, 9.17) is 4.74 Å². The number of esters is 1. The summed E-state index contributed by atoms with van der Waals surface area (Å²) in [6.45, 7) is 0. The van der Waals surface area contributed by atoms with Crippen LogP contribution in [-0.2, 0) is 14.3 Å². The molecule has 27 heavy (non-hydrogen) atoms. The highest BCUT2D eigenvalue weighted by Gasteiger charge is 2.43. The maximum atomic E-state index is 14.0. The molecule has 1 saturated heterocycles. The Morgan fingerprint density at radius 3 is 2.70 bits per heavy atom. The molecule has 1 fully saturated rings. The molecule has 0 radical (unpaired) electrons. The molecule has 6 nitrogen and oxygen atoms in total. The molecule has 2 heterocycles. The van der Waals surface area contributed by atoms with Gasteiger partial charge in [0.25, 0.3) is 0 Å². The third-order valence-corrected chi connectivity index (χ3v) is 5.16. The van der Waals surface area contributed by atoms with Crippen molar-refractivity contribution in [2.45, 2.75) is 31.9 Å². The Morgan fingerprint density at radius 2 is 1.96 bits per heavy atom. The van der Waals surface area contributed by atoms with Gasteiger partial charge in [-0.3, -0.25) is 10.1 Å². The first-order valence-corrected chi connectivity index (χ1v) is 8.97. The Morgan fingerprint density at radius 1 is 1.15 bits per heavy atom. The third-order valence-electron chi connectivity index (χ3n) is 5.16. The Balaban J connectivity index is 1.48. The van der Waals surface area contributed by atoms with Gasteiger partial charge in [0.15, 0.2) is 6.23 Å². The van der Waals surface area contributed by atoms with Crippen molar-refractivity contribution in [2.75, 3.05) is 0 Å². The van der Waals surface area contributed by atoms with Gasteiger partial charge in [0, 0.05) is 12.0 Å². The lowest BCUT2D eigenvalue weighted by Crippen LogP contribution is -2.61. The summed E-state index contributed by atoms with van der Waals surface area (Å²) in [4.78, 5) is 35.4. The number of ether oxygens (including phenoxy) is 1. The average molecular weight is 370 g/mol. The second-order valence-electron chi connectivity index (χ2n) is 6.96. The van der Waals surface area contributed by atoms with E-state index >= 15 is 0 Å². The molecule has 0 spiro atoms. The molecular formula is C20H19FN2O4. The molecule has 0 bridgehead atoms. The fraction of sp³-hybridized carbons (Fsp3) is 0.350. The minimum absolute atomic E-state index is 0.000571. The summed E-state index contributed by atoms with van der Waals surface area (Å²) in [5.41, 5.74) is 2.25. The molecule has 7 heteroatoms. The van der Waals surface area contributed by atoms with Crippen molar-refractivity contribution < 1.29 is 23.5 Å². The summed E-state index contributed by atoms with van der Waals surface area (Å²) < 4.78 is 19.1. The van der Waals surface area contributed by atoms with E-state index in [-0.39, 0.29) is 11.7 Å². The highest BCUT2D eigenvalue weighted by atomic mass is 19.1. The molecule has 0 aromatic heterocycles. The quantitative estimate of drug-likeness (QED) is 0.748. The zero-order valence-corrected chi connectivity index (χ0v) is 14.5. The van der Waals surface area contributed by atoms with Gasteiger partial charge in [0.1, 0.15) is 11.7 Å². The number of hydrogen-bond donors (Lipinski definition) is 2. The van der Waals surface area contributed by atoms with E-state index in [9.17, 15) is 18.8 Å². The minimum Gasteiger partial charge on any atom is -0.437 e. The van der Waals surface area contributed by atoms with Crippen LogP contribution in [0.15, 0.2) is 59.0 Å². The molecule has 0 saturated carbocycles. The number of halogens is 1. The number of rotatable bonds is 3. The lowest BCUT2D eigenvalue weighted by atomic mass is 9.83. The summed E-state index contributed by atoms with van der Waals surface area (Å²) in [5, 5.41) is 4.66. The predicted octanol–water partition coefficient (Wildman–Crippen LogP) is 2.72. The fourth-order valence-corrected chi connectivity index (χ4v) is 3.85. The molecule has 4 rings (SSSR count). The van der Waals surface area contributed by atoms with Crippen LogP contribution in [0.2, 0.25) is 0 Å². The number of hydrogen-bond acceptors (Lipinski definition) is 4. The van der Waals surface area contributed by atoms with Gasteiger partial charge in [0.2, 0.25) is 5.91 Å². The zero-order valence-electron chi connectivity index (χ0n) is 14.5. The summed E-state index contributed by atoms with van der Waals surface area (Å²) in [7, 11) is 0. The summed E-state index contributed by atoms with van der Waals surface area (Å²) >= 11 is 0. The van der Waals surface area contributed by atoms with Gasteiger partial charge < -0.3 is 10.1 Å². The average Bonchev–Trinajstić information content (AvgIpc) is 2.62. The zero-order chi connectivity index (χ0) is 19.0. The Kier molecular flexibility index (Phi) is 4.51. The normalized spacial score (nSPS) is 30.1. The van der Waals surface area contributed by atoms with E-state index in [0.29, 0.717) is 18.4 Å². The first kappa shape index (κ1) is 17.5. The van der Waals surface area contributed by atoms with Crippen LogP contribution in [0.25, 0.3) is 0 Å². The van der Waals surface area contributed by atoms with Crippen LogP contribution in [0, 0.1) is 11.8 Å². The van der Waals surface area contributed by atoms with E-state index in [1.165, 1.54) is 6.08 Å². The van der Waals surface area contributed by atoms with Crippen LogP contribution < -0.4 is 10.6 Å². The smallest absolute Gasteiger partial charge is 0.332 e. The monoisotopic (exact) mass is 370 g/mol.